The van der Waals surface area contributed by atoms with Crippen LogP contribution in [0.3, 0.4) is 0 Å². The van der Waals surface area contributed by atoms with Gasteiger partial charge in [0.05, 0.1) is 18.7 Å². The normalized spacial score (nSPS) is 14.0. The largest absolute Gasteiger partial charge is 0.496 e. The molecule has 23 heavy (non-hydrogen) atoms. The fourth-order valence-corrected chi connectivity index (χ4v) is 2.52. The monoisotopic (exact) mass is 313 g/mol. The number of rotatable bonds is 4. The van der Waals surface area contributed by atoms with Crippen LogP contribution in [0.1, 0.15) is 28.9 Å². The van der Waals surface area contributed by atoms with Gasteiger partial charge in [0.2, 0.25) is 0 Å². The number of para-hydroxylation sites is 1. The first-order chi connectivity index (χ1) is 11.2. The van der Waals surface area contributed by atoms with E-state index in [1.807, 2.05) is 37.3 Å². The zero-order chi connectivity index (χ0) is 16.2. The SMILES string of the molecule is COc1ccccc1C(=O)NC(C)c1ccc2c(c1)OCCO2. The molecule has 2 aromatic carbocycles. The van der Waals surface area contributed by atoms with Crippen molar-refractivity contribution in [3.8, 4) is 17.2 Å². The molecule has 5 nitrogen and oxygen atoms in total. The van der Waals surface area contributed by atoms with E-state index in [1.165, 1.54) is 0 Å². The Balaban J connectivity index is 1.76. The van der Waals surface area contributed by atoms with Gasteiger partial charge in [-0.3, -0.25) is 4.79 Å². The molecule has 0 radical (unpaired) electrons. The Hall–Kier alpha value is -2.69. The molecule has 0 saturated heterocycles. The van der Waals surface area contributed by atoms with Gasteiger partial charge in [-0.1, -0.05) is 18.2 Å². The highest BCUT2D eigenvalue weighted by Crippen LogP contribution is 2.32. The lowest BCUT2D eigenvalue weighted by molar-refractivity contribution is 0.0936. The summed E-state index contributed by atoms with van der Waals surface area (Å²) in [5, 5.41) is 2.98. The lowest BCUT2D eigenvalue weighted by Crippen LogP contribution is -2.27. The van der Waals surface area contributed by atoms with Crippen LogP contribution < -0.4 is 19.5 Å². The van der Waals surface area contributed by atoms with Crippen LogP contribution in [-0.2, 0) is 0 Å². The van der Waals surface area contributed by atoms with E-state index in [1.54, 1.807) is 19.2 Å². The van der Waals surface area contributed by atoms with Crippen LogP contribution in [0.4, 0.5) is 0 Å². The Kier molecular flexibility index (Phi) is 4.37. The highest BCUT2D eigenvalue weighted by Gasteiger charge is 2.18. The van der Waals surface area contributed by atoms with Gasteiger partial charge in [-0.2, -0.15) is 0 Å². The Labute approximate surface area is 135 Å². The van der Waals surface area contributed by atoms with Crippen molar-refractivity contribution in [2.45, 2.75) is 13.0 Å². The minimum atomic E-state index is -0.176. The maximum absolute atomic E-state index is 12.4. The molecule has 1 N–H and O–H groups in total. The van der Waals surface area contributed by atoms with Gasteiger partial charge >= 0.3 is 0 Å². The second-order valence-electron chi connectivity index (χ2n) is 5.30. The molecule has 120 valence electrons. The number of hydrogen-bond donors (Lipinski definition) is 1. The molecule has 0 saturated carbocycles. The summed E-state index contributed by atoms with van der Waals surface area (Å²) in [6, 6.07) is 12.7. The Morgan fingerprint density at radius 3 is 2.65 bits per heavy atom. The molecule has 0 aliphatic carbocycles. The molecule has 2 aromatic rings. The van der Waals surface area contributed by atoms with Gasteiger partial charge in [-0.15, -0.1) is 0 Å². The first-order valence-corrected chi connectivity index (χ1v) is 7.52. The fourth-order valence-electron chi connectivity index (χ4n) is 2.52. The molecule has 1 atom stereocenters. The highest BCUT2D eigenvalue weighted by atomic mass is 16.6. The molecule has 3 rings (SSSR count). The maximum atomic E-state index is 12.4. The van der Waals surface area contributed by atoms with E-state index in [-0.39, 0.29) is 11.9 Å². The topological polar surface area (TPSA) is 56.8 Å². The molecule has 1 unspecified atom stereocenters. The van der Waals surface area contributed by atoms with Gasteiger partial charge in [-0.05, 0) is 36.8 Å². The first-order valence-electron chi connectivity index (χ1n) is 7.52. The van der Waals surface area contributed by atoms with E-state index in [0.717, 1.165) is 11.3 Å². The minimum Gasteiger partial charge on any atom is -0.496 e. The van der Waals surface area contributed by atoms with Crippen LogP contribution >= 0.6 is 0 Å². The summed E-state index contributed by atoms with van der Waals surface area (Å²) in [6.45, 7) is 3.03. The molecule has 1 aliphatic heterocycles. The molecule has 0 spiro atoms. The number of fused-ring (bicyclic) bond motifs is 1. The summed E-state index contributed by atoms with van der Waals surface area (Å²) in [4.78, 5) is 12.4. The van der Waals surface area contributed by atoms with Gasteiger partial charge in [0.25, 0.3) is 5.91 Å². The molecule has 0 fully saturated rings. The lowest BCUT2D eigenvalue weighted by Gasteiger charge is -2.21. The van der Waals surface area contributed by atoms with Crippen molar-refractivity contribution in [2.75, 3.05) is 20.3 Å². The Bertz CT molecular complexity index is 714. The van der Waals surface area contributed by atoms with Crippen LogP contribution in [0.2, 0.25) is 0 Å². The number of nitrogens with one attached hydrogen (secondary N) is 1. The number of methoxy groups -OCH3 is 1. The van der Waals surface area contributed by atoms with Gasteiger partial charge in [0.15, 0.2) is 11.5 Å². The van der Waals surface area contributed by atoms with Crippen molar-refractivity contribution in [3.63, 3.8) is 0 Å². The van der Waals surface area contributed by atoms with E-state index in [0.29, 0.717) is 30.3 Å². The molecule has 1 amide bonds. The summed E-state index contributed by atoms with van der Waals surface area (Å²) < 4.78 is 16.3. The number of hydrogen-bond acceptors (Lipinski definition) is 4. The van der Waals surface area contributed by atoms with E-state index < -0.39 is 0 Å². The molecule has 5 heteroatoms. The van der Waals surface area contributed by atoms with Crippen LogP contribution in [0.15, 0.2) is 42.5 Å². The fraction of sp³-hybridized carbons (Fsp3) is 0.278. The van der Waals surface area contributed by atoms with E-state index in [9.17, 15) is 4.79 Å². The van der Waals surface area contributed by atoms with Gasteiger partial charge in [-0.25, -0.2) is 0 Å². The zero-order valence-corrected chi connectivity index (χ0v) is 13.2. The van der Waals surface area contributed by atoms with Crippen molar-refractivity contribution < 1.29 is 19.0 Å². The predicted octanol–water partition coefficient (Wildman–Crippen LogP) is 2.96. The second kappa shape index (κ2) is 6.60. The summed E-state index contributed by atoms with van der Waals surface area (Å²) in [5.41, 5.74) is 1.47. The molecule has 1 heterocycles. The number of benzene rings is 2. The third-order valence-electron chi connectivity index (χ3n) is 3.77. The average Bonchev–Trinajstić information content (AvgIpc) is 2.61. The summed E-state index contributed by atoms with van der Waals surface area (Å²) >= 11 is 0. The number of ether oxygens (including phenoxy) is 3. The van der Waals surface area contributed by atoms with Crippen LogP contribution in [-0.4, -0.2) is 26.2 Å². The van der Waals surface area contributed by atoms with Gasteiger partial charge < -0.3 is 19.5 Å². The number of carbonyl (C=O) groups is 1. The summed E-state index contributed by atoms with van der Waals surface area (Å²) in [6.07, 6.45) is 0. The van der Waals surface area contributed by atoms with E-state index in [2.05, 4.69) is 5.32 Å². The molecule has 0 aromatic heterocycles. The molecule has 0 bridgehead atoms. The van der Waals surface area contributed by atoms with Crippen molar-refractivity contribution >= 4 is 5.91 Å². The third kappa shape index (κ3) is 3.23. The van der Waals surface area contributed by atoms with E-state index in [4.69, 9.17) is 14.2 Å². The van der Waals surface area contributed by atoms with Crippen LogP contribution in [0.5, 0.6) is 17.2 Å². The van der Waals surface area contributed by atoms with Crippen LogP contribution in [0, 0.1) is 0 Å². The predicted molar refractivity (Wildman–Crippen MR) is 86.3 cm³/mol. The van der Waals surface area contributed by atoms with E-state index >= 15 is 0 Å². The molecular weight excluding hydrogens is 294 g/mol. The Morgan fingerprint density at radius 1 is 1.13 bits per heavy atom. The summed E-state index contributed by atoms with van der Waals surface area (Å²) in [5.74, 6) is 1.83. The van der Waals surface area contributed by atoms with Gasteiger partial charge in [0.1, 0.15) is 19.0 Å². The zero-order valence-electron chi connectivity index (χ0n) is 13.2. The molecule has 1 aliphatic rings. The molecular formula is C18H19NO4. The second-order valence-corrected chi connectivity index (χ2v) is 5.30. The number of amides is 1. The standard InChI is InChI=1S/C18H19NO4/c1-12(13-7-8-16-17(11-13)23-10-9-22-16)19-18(20)14-5-3-4-6-15(14)21-2/h3-8,11-12H,9-10H2,1-2H3,(H,19,20). The Morgan fingerprint density at radius 2 is 1.87 bits per heavy atom. The van der Waals surface area contributed by atoms with Gasteiger partial charge in [0, 0.05) is 0 Å². The smallest absolute Gasteiger partial charge is 0.255 e. The summed E-state index contributed by atoms with van der Waals surface area (Å²) in [7, 11) is 1.55. The highest BCUT2D eigenvalue weighted by molar-refractivity contribution is 5.97. The van der Waals surface area contributed by atoms with Crippen molar-refractivity contribution in [1.82, 2.24) is 5.32 Å². The van der Waals surface area contributed by atoms with Crippen molar-refractivity contribution in [2.24, 2.45) is 0 Å². The maximum Gasteiger partial charge on any atom is 0.255 e. The van der Waals surface area contributed by atoms with Crippen molar-refractivity contribution in [1.29, 1.82) is 0 Å². The lowest BCUT2D eigenvalue weighted by atomic mass is 10.1. The quantitative estimate of drug-likeness (QED) is 0.943. The number of carbonyl (C=O) groups excluding carboxylic acids is 1. The minimum absolute atomic E-state index is 0.164. The third-order valence-corrected chi connectivity index (χ3v) is 3.77. The average molecular weight is 313 g/mol. The first kappa shape index (κ1) is 15.2. The van der Waals surface area contributed by atoms with Crippen LogP contribution in [0.25, 0.3) is 0 Å². The van der Waals surface area contributed by atoms with Crippen molar-refractivity contribution in [3.05, 3.63) is 53.6 Å².